The molecule has 0 radical (unpaired) electrons. The third-order valence-corrected chi connectivity index (χ3v) is 4.25. The van der Waals surface area contributed by atoms with Gasteiger partial charge in [-0.25, -0.2) is 9.97 Å². The number of benzene rings is 1. The number of nitrogens with one attached hydrogen (secondary N) is 1. The normalized spacial score (nSPS) is 14.2. The van der Waals surface area contributed by atoms with E-state index in [1.165, 1.54) is 12.8 Å². The Hall–Kier alpha value is -1.32. The first-order valence-corrected chi connectivity index (χ1v) is 7.97. The molecule has 3 nitrogen and oxygen atoms in total. The molecular weight excluding hydrogens is 305 g/mol. The standard InChI is InChI=1S/C16H17Cl2N3/c1-2-19-15-9-14(10-6-7-10)20-16(21-15)8-11-12(17)4-3-5-13(11)18/h3-5,9-10H,2,6-8H2,1H3,(H,19,20,21). The molecular formula is C16H17Cl2N3. The Morgan fingerprint density at radius 2 is 1.90 bits per heavy atom. The van der Waals surface area contributed by atoms with Gasteiger partial charge in [0.15, 0.2) is 0 Å². The predicted molar refractivity (Wildman–Crippen MR) is 87.4 cm³/mol. The van der Waals surface area contributed by atoms with Crippen LogP contribution in [0.4, 0.5) is 5.82 Å². The summed E-state index contributed by atoms with van der Waals surface area (Å²) in [5.41, 5.74) is 2.01. The van der Waals surface area contributed by atoms with E-state index < -0.39 is 0 Å². The summed E-state index contributed by atoms with van der Waals surface area (Å²) in [5.74, 6) is 2.24. The van der Waals surface area contributed by atoms with Crippen LogP contribution in [0, 0.1) is 0 Å². The van der Waals surface area contributed by atoms with E-state index in [0.717, 1.165) is 29.4 Å². The third-order valence-electron chi connectivity index (χ3n) is 3.54. The molecule has 0 saturated heterocycles. The van der Waals surface area contributed by atoms with Crippen LogP contribution in [0.5, 0.6) is 0 Å². The van der Waals surface area contributed by atoms with Gasteiger partial charge in [0.05, 0.1) is 0 Å². The van der Waals surface area contributed by atoms with Crippen LogP contribution in [0.25, 0.3) is 0 Å². The lowest BCUT2D eigenvalue weighted by Gasteiger charge is -2.10. The van der Waals surface area contributed by atoms with Crippen molar-refractivity contribution in [3.05, 3.63) is 51.4 Å². The van der Waals surface area contributed by atoms with Gasteiger partial charge in [0, 0.05) is 40.7 Å². The minimum absolute atomic E-state index is 0.553. The van der Waals surface area contributed by atoms with E-state index in [1.807, 2.05) is 18.2 Å². The first-order valence-electron chi connectivity index (χ1n) is 7.22. The highest BCUT2D eigenvalue weighted by molar-refractivity contribution is 6.36. The number of hydrogen-bond acceptors (Lipinski definition) is 3. The van der Waals surface area contributed by atoms with E-state index in [-0.39, 0.29) is 0 Å². The second-order valence-corrected chi connectivity index (χ2v) is 6.09. The molecule has 0 unspecified atom stereocenters. The molecule has 0 aliphatic heterocycles. The van der Waals surface area contributed by atoms with Gasteiger partial charge in [0.2, 0.25) is 0 Å². The Balaban J connectivity index is 1.93. The van der Waals surface area contributed by atoms with Crippen LogP contribution in [-0.4, -0.2) is 16.5 Å². The monoisotopic (exact) mass is 321 g/mol. The Labute approximate surface area is 134 Å². The van der Waals surface area contributed by atoms with Gasteiger partial charge in [-0.3, -0.25) is 0 Å². The van der Waals surface area contributed by atoms with E-state index in [0.29, 0.717) is 22.4 Å². The van der Waals surface area contributed by atoms with Crippen molar-refractivity contribution in [2.75, 3.05) is 11.9 Å². The van der Waals surface area contributed by atoms with E-state index >= 15 is 0 Å². The smallest absolute Gasteiger partial charge is 0.135 e. The number of rotatable bonds is 5. The molecule has 1 heterocycles. The van der Waals surface area contributed by atoms with Gasteiger partial charge in [0.1, 0.15) is 11.6 Å². The highest BCUT2D eigenvalue weighted by Gasteiger charge is 2.26. The number of anilines is 1. The Morgan fingerprint density at radius 3 is 2.52 bits per heavy atom. The first-order chi connectivity index (χ1) is 10.2. The summed E-state index contributed by atoms with van der Waals surface area (Å²) in [6.07, 6.45) is 2.99. The van der Waals surface area contributed by atoms with Gasteiger partial charge in [0.25, 0.3) is 0 Å². The van der Waals surface area contributed by atoms with E-state index in [2.05, 4.69) is 28.3 Å². The van der Waals surface area contributed by atoms with Crippen molar-refractivity contribution in [3.63, 3.8) is 0 Å². The van der Waals surface area contributed by atoms with Crippen LogP contribution in [-0.2, 0) is 6.42 Å². The van der Waals surface area contributed by atoms with Crippen molar-refractivity contribution in [3.8, 4) is 0 Å². The zero-order chi connectivity index (χ0) is 14.8. The molecule has 0 amide bonds. The van der Waals surface area contributed by atoms with Gasteiger partial charge < -0.3 is 5.32 Å². The molecule has 2 aromatic rings. The fraction of sp³-hybridized carbons (Fsp3) is 0.375. The summed E-state index contributed by atoms with van der Waals surface area (Å²) in [6, 6.07) is 7.59. The van der Waals surface area contributed by atoms with Gasteiger partial charge in [-0.05, 0) is 37.5 Å². The number of hydrogen-bond donors (Lipinski definition) is 1. The maximum Gasteiger partial charge on any atom is 0.135 e. The number of halogens is 2. The average Bonchev–Trinajstić information content (AvgIpc) is 3.28. The molecule has 1 aliphatic carbocycles. The fourth-order valence-electron chi connectivity index (χ4n) is 2.32. The molecule has 110 valence electrons. The third kappa shape index (κ3) is 3.47. The van der Waals surface area contributed by atoms with Crippen molar-refractivity contribution < 1.29 is 0 Å². The number of aromatic nitrogens is 2. The molecule has 1 aromatic heterocycles. The van der Waals surface area contributed by atoms with Crippen LogP contribution in [0.2, 0.25) is 10.0 Å². The SMILES string of the molecule is CCNc1cc(C2CC2)nc(Cc2c(Cl)cccc2Cl)n1. The van der Waals surface area contributed by atoms with Crippen molar-refractivity contribution >= 4 is 29.0 Å². The van der Waals surface area contributed by atoms with Gasteiger partial charge in [-0.2, -0.15) is 0 Å². The second kappa shape index (κ2) is 6.20. The van der Waals surface area contributed by atoms with Crippen LogP contribution in [0.3, 0.4) is 0 Å². The molecule has 1 aromatic carbocycles. The van der Waals surface area contributed by atoms with E-state index in [9.17, 15) is 0 Å². The molecule has 3 rings (SSSR count). The second-order valence-electron chi connectivity index (χ2n) is 5.28. The quantitative estimate of drug-likeness (QED) is 0.868. The minimum Gasteiger partial charge on any atom is -0.370 e. The average molecular weight is 322 g/mol. The summed E-state index contributed by atoms with van der Waals surface area (Å²) in [4.78, 5) is 9.26. The van der Waals surface area contributed by atoms with Gasteiger partial charge in [-0.1, -0.05) is 29.3 Å². The molecule has 1 saturated carbocycles. The molecule has 21 heavy (non-hydrogen) atoms. The molecule has 5 heteroatoms. The highest BCUT2D eigenvalue weighted by Crippen LogP contribution is 2.39. The lowest BCUT2D eigenvalue weighted by atomic mass is 10.1. The summed E-state index contributed by atoms with van der Waals surface area (Å²) >= 11 is 12.5. The molecule has 1 aliphatic rings. The molecule has 1 fully saturated rings. The highest BCUT2D eigenvalue weighted by atomic mass is 35.5. The Kier molecular flexibility index (Phi) is 4.32. The minimum atomic E-state index is 0.553. The first kappa shape index (κ1) is 14.6. The zero-order valence-electron chi connectivity index (χ0n) is 11.9. The van der Waals surface area contributed by atoms with Crippen LogP contribution >= 0.6 is 23.2 Å². The lowest BCUT2D eigenvalue weighted by Crippen LogP contribution is -2.06. The largest absolute Gasteiger partial charge is 0.370 e. The maximum absolute atomic E-state index is 6.24. The Bertz CT molecular complexity index is 634. The van der Waals surface area contributed by atoms with Crippen LogP contribution in [0.1, 0.15) is 42.8 Å². The molecule has 0 bridgehead atoms. The van der Waals surface area contributed by atoms with E-state index in [4.69, 9.17) is 23.2 Å². The summed E-state index contributed by atoms with van der Waals surface area (Å²) < 4.78 is 0. The van der Waals surface area contributed by atoms with Crippen LogP contribution in [0.15, 0.2) is 24.3 Å². The maximum atomic E-state index is 6.24. The summed E-state index contributed by atoms with van der Waals surface area (Å²) in [7, 11) is 0. The summed E-state index contributed by atoms with van der Waals surface area (Å²) in [6.45, 7) is 2.90. The van der Waals surface area contributed by atoms with Gasteiger partial charge in [-0.15, -0.1) is 0 Å². The topological polar surface area (TPSA) is 37.8 Å². The Morgan fingerprint density at radius 1 is 1.19 bits per heavy atom. The molecule has 0 atom stereocenters. The predicted octanol–water partition coefficient (Wildman–Crippen LogP) is 4.68. The van der Waals surface area contributed by atoms with Crippen LogP contribution < -0.4 is 5.32 Å². The molecule has 1 N–H and O–H groups in total. The zero-order valence-corrected chi connectivity index (χ0v) is 13.4. The fourth-order valence-corrected chi connectivity index (χ4v) is 2.85. The summed E-state index contributed by atoms with van der Waals surface area (Å²) in [5, 5.41) is 4.59. The van der Waals surface area contributed by atoms with E-state index in [1.54, 1.807) is 0 Å². The van der Waals surface area contributed by atoms with Crippen molar-refractivity contribution in [2.24, 2.45) is 0 Å². The molecule has 0 spiro atoms. The van der Waals surface area contributed by atoms with Crippen molar-refractivity contribution in [1.29, 1.82) is 0 Å². The van der Waals surface area contributed by atoms with Crippen molar-refractivity contribution in [1.82, 2.24) is 9.97 Å². The lowest BCUT2D eigenvalue weighted by molar-refractivity contribution is 0.898. The van der Waals surface area contributed by atoms with Gasteiger partial charge >= 0.3 is 0 Å². The number of nitrogens with zero attached hydrogens (tertiary/aromatic N) is 2. The van der Waals surface area contributed by atoms with Crippen molar-refractivity contribution in [2.45, 2.75) is 32.1 Å².